The highest BCUT2D eigenvalue weighted by Crippen LogP contribution is 2.25. The van der Waals surface area contributed by atoms with E-state index in [1.165, 1.54) is 29.5 Å². The Kier molecular flexibility index (Phi) is 6.80. The highest BCUT2D eigenvalue weighted by atomic mass is 35.5. The molecule has 1 amide bonds. The average molecular weight is 420 g/mol. The second-order valence-corrected chi connectivity index (χ2v) is 8.14. The molecule has 3 rings (SSSR count). The van der Waals surface area contributed by atoms with Crippen LogP contribution in [0, 0.1) is 17.0 Å². The molecule has 0 bridgehead atoms. The van der Waals surface area contributed by atoms with Crippen molar-refractivity contribution in [3.63, 3.8) is 0 Å². The first kappa shape index (κ1) is 20.5. The van der Waals surface area contributed by atoms with Crippen LogP contribution in [0.25, 0.3) is 0 Å². The molecule has 28 heavy (non-hydrogen) atoms. The van der Waals surface area contributed by atoms with E-state index in [-0.39, 0.29) is 11.6 Å². The molecule has 0 radical (unpaired) electrons. The molecule has 1 fully saturated rings. The van der Waals surface area contributed by atoms with Crippen molar-refractivity contribution in [2.75, 3.05) is 36.8 Å². The molecule has 0 aromatic heterocycles. The van der Waals surface area contributed by atoms with Crippen molar-refractivity contribution in [2.45, 2.75) is 12.7 Å². The number of nitro groups is 1. The summed E-state index contributed by atoms with van der Waals surface area (Å²) in [5.41, 5.74) is 3.37. The van der Waals surface area contributed by atoms with Crippen LogP contribution < -0.4 is 4.90 Å². The van der Waals surface area contributed by atoms with E-state index in [0.717, 1.165) is 29.4 Å². The maximum absolute atomic E-state index is 12.5. The Morgan fingerprint density at radius 1 is 1.14 bits per heavy atom. The summed E-state index contributed by atoms with van der Waals surface area (Å²) in [6, 6.07) is 12.4. The molecule has 2 aromatic carbocycles. The molecule has 1 aliphatic heterocycles. The minimum atomic E-state index is -0.412. The number of anilines is 1. The van der Waals surface area contributed by atoms with Crippen LogP contribution in [0.4, 0.5) is 11.4 Å². The molecular formula is C20H22ClN3O3S. The summed E-state index contributed by atoms with van der Waals surface area (Å²) in [5, 5.41) is 11.4. The predicted molar refractivity (Wildman–Crippen MR) is 114 cm³/mol. The van der Waals surface area contributed by atoms with Crippen LogP contribution in [0.3, 0.4) is 0 Å². The average Bonchev–Trinajstić information content (AvgIpc) is 2.70. The first-order valence-electron chi connectivity index (χ1n) is 9.04. The zero-order chi connectivity index (χ0) is 20.1. The van der Waals surface area contributed by atoms with Crippen molar-refractivity contribution in [1.29, 1.82) is 0 Å². The molecule has 1 saturated heterocycles. The number of nitrogens with zero attached hydrogens (tertiary/aromatic N) is 3. The van der Waals surface area contributed by atoms with Crippen molar-refractivity contribution >= 4 is 40.6 Å². The standard InChI is InChI=1S/C20H22ClN3O3S/c1-15-2-5-17(21)12-19(15)22-8-10-23(11-9-22)20(25)14-28-13-16-3-6-18(7-4-16)24(26)27/h2-7,12H,8-11,13-14H2,1H3. The maximum Gasteiger partial charge on any atom is 0.269 e. The Morgan fingerprint density at radius 2 is 1.82 bits per heavy atom. The number of benzene rings is 2. The molecule has 0 N–H and O–H groups in total. The Hall–Kier alpha value is -2.25. The molecule has 0 aliphatic carbocycles. The third kappa shape index (κ3) is 5.17. The Labute approximate surface area is 173 Å². The lowest BCUT2D eigenvalue weighted by Crippen LogP contribution is -2.49. The van der Waals surface area contributed by atoms with Crippen LogP contribution in [0.1, 0.15) is 11.1 Å². The number of piperazine rings is 1. The van der Waals surface area contributed by atoms with Crippen molar-refractivity contribution in [3.8, 4) is 0 Å². The number of aryl methyl sites for hydroxylation is 1. The van der Waals surface area contributed by atoms with E-state index in [1.54, 1.807) is 12.1 Å². The van der Waals surface area contributed by atoms with Gasteiger partial charge in [-0.1, -0.05) is 29.8 Å². The van der Waals surface area contributed by atoms with Crippen molar-refractivity contribution in [1.82, 2.24) is 4.90 Å². The molecular weight excluding hydrogens is 398 g/mol. The van der Waals surface area contributed by atoms with Gasteiger partial charge in [-0.15, -0.1) is 11.8 Å². The van der Waals surface area contributed by atoms with Crippen molar-refractivity contribution in [3.05, 3.63) is 68.7 Å². The number of thioether (sulfide) groups is 1. The zero-order valence-corrected chi connectivity index (χ0v) is 17.2. The number of amides is 1. The fourth-order valence-corrected chi connectivity index (χ4v) is 4.24. The van der Waals surface area contributed by atoms with Crippen LogP contribution in [0.5, 0.6) is 0 Å². The fraction of sp³-hybridized carbons (Fsp3) is 0.350. The Bertz CT molecular complexity index is 852. The SMILES string of the molecule is Cc1ccc(Cl)cc1N1CCN(C(=O)CSCc2ccc([N+](=O)[O-])cc2)CC1. The molecule has 1 aliphatic rings. The van der Waals surface area contributed by atoms with E-state index in [2.05, 4.69) is 11.8 Å². The lowest BCUT2D eigenvalue weighted by molar-refractivity contribution is -0.384. The summed E-state index contributed by atoms with van der Waals surface area (Å²) < 4.78 is 0. The number of hydrogen-bond donors (Lipinski definition) is 0. The summed E-state index contributed by atoms with van der Waals surface area (Å²) in [6.45, 7) is 5.05. The fourth-order valence-electron chi connectivity index (χ4n) is 3.18. The number of halogens is 1. The van der Waals surface area contributed by atoms with E-state index < -0.39 is 4.92 Å². The van der Waals surface area contributed by atoms with Gasteiger partial charge in [0.15, 0.2) is 0 Å². The molecule has 0 unspecified atom stereocenters. The van der Waals surface area contributed by atoms with Gasteiger partial charge in [-0.3, -0.25) is 14.9 Å². The quantitative estimate of drug-likeness (QED) is 0.520. The predicted octanol–water partition coefficient (Wildman–Crippen LogP) is 4.14. The van der Waals surface area contributed by atoms with Gasteiger partial charge in [-0.25, -0.2) is 0 Å². The van der Waals surface area contributed by atoms with Crippen molar-refractivity contribution in [2.24, 2.45) is 0 Å². The van der Waals surface area contributed by atoms with E-state index in [1.807, 2.05) is 23.1 Å². The van der Waals surface area contributed by atoms with Crippen LogP contribution in [-0.2, 0) is 10.5 Å². The number of carbonyl (C=O) groups is 1. The van der Waals surface area contributed by atoms with Gasteiger partial charge in [-0.05, 0) is 30.2 Å². The van der Waals surface area contributed by atoms with E-state index in [4.69, 9.17) is 11.6 Å². The monoisotopic (exact) mass is 419 g/mol. The lowest BCUT2D eigenvalue weighted by Gasteiger charge is -2.37. The number of hydrogen-bond acceptors (Lipinski definition) is 5. The summed E-state index contributed by atoms with van der Waals surface area (Å²) in [6.07, 6.45) is 0. The van der Waals surface area contributed by atoms with Gasteiger partial charge in [0.05, 0.1) is 10.7 Å². The van der Waals surface area contributed by atoms with Crippen molar-refractivity contribution < 1.29 is 9.72 Å². The summed E-state index contributed by atoms with van der Waals surface area (Å²) in [5.74, 6) is 1.20. The number of carbonyl (C=O) groups excluding carboxylic acids is 1. The van der Waals surface area contributed by atoms with Gasteiger partial charge in [0.25, 0.3) is 5.69 Å². The van der Waals surface area contributed by atoms with E-state index in [0.29, 0.717) is 24.6 Å². The van der Waals surface area contributed by atoms with Gasteiger partial charge >= 0.3 is 0 Å². The topological polar surface area (TPSA) is 66.7 Å². The second-order valence-electron chi connectivity index (χ2n) is 6.71. The first-order valence-corrected chi connectivity index (χ1v) is 10.6. The Balaban J connectivity index is 1.45. The third-order valence-electron chi connectivity index (χ3n) is 4.79. The third-order valence-corrected chi connectivity index (χ3v) is 6.01. The highest BCUT2D eigenvalue weighted by Gasteiger charge is 2.22. The van der Waals surface area contributed by atoms with Crippen LogP contribution in [0.2, 0.25) is 5.02 Å². The minimum Gasteiger partial charge on any atom is -0.368 e. The highest BCUT2D eigenvalue weighted by molar-refractivity contribution is 7.99. The van der Waals surface area contributed by atoms with Gasteiger partial charge in [0, 0.05) is 54.8 Å². The molecule has 0 saturated carbocycles. The molecule has 1 heterocycles. The Morgan fingerprint density at radius 3 is 2.46 bits per heavy atom. The molecule has 0 spiro atoms. The van der Waals surface area contributed by atoms with Gasteiger partial charge < -0.3 is 9.80 Å². The first-order chi connectivity index (χ1) is 13.4. The van der Waals surface area contributed by atoms with Gasteiger partial charge in [0.1, 0.15) is 0 Å². The van der Waals surface area contributed by atoms with Crippen LogP contribution >= 0.6 is 23.4 Å². The lowest BCUT2D eigenvalue weighted by atomic mass is 10.1. The summed E-state index contributed by atoms with van der Waals surface area (Å²) >= 11 is 7.65. The second kappa shape index (κ2) is 9.30. The van der Waals surface area contributed by atoms with E-state index >= 15 is 0 Å². The van der Waals surface area contributed by atoms with Crippen LogP contribution in [0.15, 0.2) is 42.5 Å². The molecule has 8 heteroatoms. The molecule has 0 atom stereocenters. The van der Waals surface area contributed by atoms with Crippen LogP contribution in [-0.4, -0.2) is 47.7 Å². The minimum absolute atomic E-state index is 0.0811. The van der Waals surface area contributed by atoms with E-state index in [9.17, 15) is 14.9 Å². The maximum atomic E-state index is 12.5. The van der Waals surface area contributed by atoms with Gasteiger partial charge in [0.2, 0.25) is 5.91 Å². The summed E-state index contributed by atoms with van der Waals surface area (Å²) in [7, 11) is 0. The largest absolute Gasteiger partial charge is 0.368 e. The number of nitro benzene ring substituents is 1. The zero-order valence-electron chi connectivity index (χ0n) is 15.6. The molecule has 6 nitrogen and oxygen atoms in total. The normalized spacial score (nSPS) is 14.2. The smallest absolute Gasteiger partial charge is 0.269 e. The molecule has 2 aromatic rings. The summed E-state index contributed by atoms with van der Waals surface area (Å²) in [4.78, 5) is 26.9. The molecule has 148 valence electrons. The number of rotatable bonds is 6. The van der Waals surface area contributed by atoms with Gasteiger partial charge in [-0.2, -0.15) is 0 Å². The number of non-ortho nitro benzene ring substituents is 1.